The monoisotopic (exact) mass is 260 g/mol. The van der Waals surface area contributed by atoms with E-state index in [2.05, 4.69) is 19.6 Å². The second-order valence-electron chi connectivity index (χ2n) is 5.12. The highest BCUT2D eigenvalue weighted by molar-refractivity contribution is 5.48. The van der Waals surface area contributed by atoms with Gasteiger partial charge < -0.3 is 10.2 Å². The predicted octanol–water partition coefficient (Wildman–Crippen LogP) is 4.81. The van der Waals surface area contributed by atoms with Gasteiger partial charge in [-0.1, -0.05) is 17.7 Å². The van der Waals surface area contributed by atoms with Crippen molar-refractivity contribution >= 4 is 0 Å². The van der Waals surface area contributed by atoms with E-state index in [9.17, 15) is 10.2 Å². The quantitative estimate of drug-likeness (QED) is 0.711. The van der Waals surface area contributed by atoms with Crippen molar-refractivity contribution in [2.75, 3.05) is 0 Å². The molecule has 0 saturated heterocycles. The molecule has 2 nitrogen and oxygen atoms in total. The molecule has 1 atom stereocenters. The van der Waals surface area contributed by atoms with Gasteiger partial charge in [-0.2, -0.15) is 0 Å². The molecule has 0 unspecified atom stereocenters. The van der Waals surface area contributed by atoms with Crippen molar-refractivity contribution in [3.05, 3.63) is 47.6 Å². The molecule has 0 bridgehead atoms. The Balaban J connectivity index is 0.000000550. The maximum atomic E-state index is 9.92. The fourth-order valence-electron chi connectivity index (χ4n) is 2.58. The minimum absolute atomic E-state index is 0.135. The first-order valence-corrected chi connectivity index (χ1v) is 6.76. The van der Waals surface area contributed by atoms with E-state index in [1.807, 2.05) is 13.8 Å². The number of phenolic OH excluding ortho intramolecular Hbond substituents is 2. The van der Waals surface area contributed by atoms with Crippen LogP contribution in [0.15, 0.2) is 36.4 Å². The number of allylic oxidation sites excluding steroid dienone is 3. The number of benzene rings is 1. The van der Waals surface area contributed by atoms with Crippen molar-refractivity contribution in [3.8, 4) is 11.5 Å². The van der Waals surface area contributed by atoms with Crippen LogP contribution in [0.2, 0.25) is 0 Å². The van der Waals surface area contributed by atoms with E-state index in [0.717, 1.165) is 24.0 Å². The molecule has 0 spiro atoms. The van der Waals surface area contributed by atoms with Gasteiger partial charge in [-0.25, -0.2) is 0 Å². The zero-order valence-electron chi connectivity index (χ0n) is 12.1. The van der Waals surface area contributed by atoms with Crippen LogP contribution in [-0.2, 0) is 0 Å². The highest BCUT2D eigenvalue weighted by Gasteiger charge is 2.19. The van der Waals surface area contributed by atoms with Crippen LogP contribution in [0.25, 0.3) is 0 Å². The largest absolute Gasteiger partial charge is 0.508 e. The van der Waals surface area contributed by atoms with Gasteiger partial charge in [-0.15, -0.1) is 6.58 Å². The molecule has 2 rings (SSSR count). The molecule has 0 amide bonds. The number of aryl methyl sites for hydroxylation is 1. The van der Waals surface area contributed by atoms with Crippen LogP contribution in [0.3, 0.4) is 0 Å². The van der Waals surface area contributed by atoms with Crippen molar-refractivity contribution in [2.45, 2.75) is 46.0 Å². The van der Waals surface area contributed by atoms with Crippen molar-refractivity contribution < 1.29 is 10.2 Å². The van der Waals surface area contributed by atoms with Gasteiger partial charge in [-0.3, -0.25) is 0 Å². The first-order chi connectivity index (χ1) is 8.99. The van der Waals surface area contributed by atoms with Crippen LogP contribution in [-0.4, -0.2) is 10.2 Å². The lowest BCUT2D eigenvalue weighted by molar-refractivity contribution is 0.440. The Morgan fingerprint density at radius 2 is 1.89 bits per heavy atom. The SMILES string of the molecule is C=CC.CC1=C[C@@H](c2c(C)cc(O)cc2O)CCC1. The van der Waals surface area contributed by atoms with E-state index < -0.39 is 0 Å². The molecule has 1 aromatic rings. The van der Waals surface area contributed by atoms with E-state index in [1.54, 1.807) is 12.1 Å². The summed E-state index contributed by atoms with van der Waals surface area (Å²) >= 11 is 0. The highest BCUT2D eigenvalue weighted by Crippen LogP contribution is 2.39. The summed E-state index contributed by atoms with van der Waals surface area (Å²) in [6, 6.07) is 3.15. The minimum Gasteiger partial charge on any atom is -0.508 e. The van der Waals surface area contributed by atoms with Crippen LogP contribution in [0.4, 0.5) is 0 Å². The average molecular weight is 260 g/mol. The summed E-state index contributed by atoms with van der Waals surface area (Å²) in [6.45, 7) is 9.32. The van der Waals surface area contributed by atoms with Crippen molar-refractivity contribution in [1.82, 2.24) is 0 Å². The molecule has 0 radical (unpaired) electrons. The lowest BCUT2D eigenvalue weighted by Crippen LogP contribution is -2.04. The summed E-state index contributed by atoms with van der Waals surface area (Å²) in [5.41, 5.74) is 3.33. The molecule has 1 aliphatic rings. The molecule has 0 saturated carbocycles. The molecular formula is C17H24O2. The summed E-state index contributed by atoms with van der Waals surface area (Å²) in [5.74, 6) is 0.651. The van der Waals surface area contributed by atoms with Crippen molar-refractivity contribution in [1.29, 1.82) is 0 Å². The lowest BCUT2D eigenvalue weighted by Gasteiger charge is -2.22. The summed E-state index contributed by atoms with van der Waals surface area (Å²) in [7, 11) is 0. The molecule has 19 heavy (non-hydrogen) atoms. The summed E-state index contributed by atoms with van der Waals surface area (Å²) in [4.78, 5) is 0. The highest BCUT2D eigenvalue weighted by atomic mass is 16.3. The summed E-state index contributed by atoms with van der Waals surface area (Å²) < 4.78 is 0. The standard InChI is InChI=1S/C14H18O2.C3H6/c1-9-4-3-5-11(6-9)14-10(2)7-12(15)8-13(14)16;1-3-2/h6-8,11,15-16H,3-5H2,1-2H3;3H,1H2,2H3/t11-;/m0./s1. The van der Waals surface area contributed by atoms with E-state index >= 15 is 0 Å². The van der Waals surface area contributed by atoms with E-state index in [1.165, 1.54) is 18.1 Å². The average Bonchev–Trinajstić information content (AvgIpc) is 2.28. The van der Waals surface area contributed by atoms with Gasteiger partial charge in [0.05, 0.1) is 0 Å². The van der Waals surface area contributed by atoms with Gasteiger partial charge in [0.2, 0.25) is 0 Å². The van der Waals surface area contributed by atoms with Crippen LogP contribution in [0.5, 0.6) is 11.5 Å². The Bertz CT molecular complexity index is 449. The van der Waals surface area contributed by atoms with E-state index in [4.69, 9.17) is 0 Å². The molecule has 0 aromatic heterocycles. The minimum atomic E-state index is 0.135. The third-order valence-electron chi connectivity index (χ3n) is 3.29. The van der Waals surface area contributed by atoms with E-state index in [-0.39, 0.29) is 11.5 Å². The third-order valence-corrected chi connectivity index (χ3v) is 3.29. The molecule has 104 valence electrons. The topological polar surface area (TPSA) is 40.5 Å². The Morgan fingerprint density at radius 1 is 1.26 bits per heavy atom. The molecule has 0 aliphatic heterocycles. The third kappa shape index (κ3) is 4.16. The molecule has 1 aliphatic carbocycles. The molecule has 2 heteroatoms. The van der Waals surface area contributed by atoms with Gasteiger partial charge in [0, 0.05) is 17.5 Å². The number of aromatic hydroxyl groups is 2. The zero-order chi connectivity index (χ0) is 14.4. The maximum absolute atomic E-state index is 9.92. The summed E-state index contributed by atoms with van der Waals surface area (Å²) in [6.07, 6.45) is 7.40. The normalized spacial score (nSPS) is 18.1. The second-order valence-corrected chi connectivity index (χ2v) is 5.12. The zero-order valence-corrected chi connectivity index (χ0v) is 12.1. The van der Waals surface area contributed by atoms with Crippen LogP contribution >= 0.6 is 0 Å². The first kappa shape index (κ1) is 15.4. The van der Waals surface area contributed by atoms with Gasteiger partial charge >= 0.3 is 0 Å². The van der Waals surface area contributed by atoms with Gasteiger partial charge in [0.25, 0.3) is 0 Å². The molecule has 0 heterocycles. The van der Waals surface area contributed by atoms with Crippen LogP contribution in [0.1, 0.15) is 50.2 Å². The van der Waals surface area contributed by atoms with Crippen LogP contribution in [0, 0.1) is 6.92 Å². The van der Waals surface area contributed by atoms with Gasteiger partial charge in [-0.05, 0) is 51.7 Å². The van der Waals surface area contributed by atoms with Gasteiger partial charge in [0.1, 0.15) is 11.5 Å². The molecule has 2 N–H and O–H groups in total. The molecule has 0 fully saturated rings. The van der Waals surface area contributed by atoms with E-state index in [0.29, 0.717) is 5.92 Å². The molecular weight excluding hydrogens is 236 g/mol. The number of rotatable bonds is 1. The predicted molar refractivity (Wildman–Crippen MR) is 80.7 cm³/mol. The van der Waals surface area contributed by atoms with Gasteiger partial charge in [0.15, 0.2) is 0 Å². The second kappa shape index (κ2) is 7.03. The summed E-state index contributed by atoms with van der Waals surface area (Å²) in [5, 5.41) is 19.3. The lowest BCUT2D eigenvalue weighted by atomic mass is 9.83. The van der Waals surface area contributed by atoms with Crippen molar-refractivity contribution in [3.63, 3.8) is 0 Å². The maximum Gasteiger partial charge on any atom is 0.123 e. The van der Waals surface area contributed by atoms with Crippen LogP contribution < -0.4 is 0 Å². The number of hydrogen-bond acceptors (Lipinski definition) is 2. The molecule has 1 aromatic carbocycles. The first-order valence-electron chi connectivity index (χ1n) is 6.76. The Kier molecular flexibility index (Phi) is 5.68. The smallest absolute Gasteiger partial charge is 0.123 e. The Labute approximate surface area is 116 Å². The fraction of sp³-hybridized carbons (Fsp3) is 0.412. The Morgan fingerprint density at radius 3 is 2.42 bits per heavy atom. The Hall–Kier alpha value is -1.70. The fourth-order valence-corrected chi connectivity index (χ4v) is 2.58. The van der Waals surface area contributed by atoms with Crippen molar-refractivity contribution in [2.24, 2.45) is 0 Å². The number of hydrogen-bond donors (Lipinski definition) is 2. The number of phenols is 2.